The Hall–Kier alpha value is -4.00. The van der Waals surface area contributed by atoms with Gasteiger partial charge in [-0.25, -0.2) is 14.8 Å². The molecule has 0 aliphatic heterocycles. The van der Waals surface area contributed by atoms with Crippen LogP contribution in [0.2, 0.25) is 0 Å². The number of amides is 1. The van der Waals surface area contributed by atoms with Gasteiger partial charge in [-0.1, -0.05) is 68.4 Å². The summed E-state index contributed by atoms with van der Waals surface area (Å²) in [6, 6.07) is 21.1. The standard InChI is InChI=1S/C27H28N4O3/c1-17(2)25(27(33)34-3)31-26-21-10-6-7-11-22(21)29-23(30-26)16-28-24(32)15-18-12-13-19-8-4-5-9-20(19)14-18/h4-14,17,25H,15-16H2,1-3H3,(H,28,32)(H,29,30,31)/t25-/m0/s1. The molecule has 0 radical (unpaired) electrons. The van der Waals surface area contributed by atoms with Crippen molar-refractivity contribution in [1.82, 2.24) is 15.3 Å². The van der Waals surface area contributed by atoms with E-state index in [1.807, 2.05) is 80.6 Å². The van der Waals surface area contributed by atoms with Crippen LogP contribution in [0.5, 0.6) is 0 Å². The third-order valence-electron chi connectivity index (χ3n) is 5.69. The lowest BCUT2D eigenvalue weighted by atomic mass is 10.0. The first-order valence-corrected chi connectivity index (χ1v) is 11.3. The van der Waals surface area contributed by atoms with Crippen molar-refractivity contribution in [1.29, 1.82) is 0 Å². The number of rotatable bonds is 8. The number of hydrogen-bond acceptors (Lipinski definition) is 6. The molecule has 1 heterocycles. The smallest absolute Gasteiger partial charge is 0.328 e. The number of para-hydroxylation sites is 1. The topological polar surface area (TPSA) is 93.2 Å². The first-order valence-electron chi connectivity index (χ1n) is 11.3. The Morgan fingerprint density at radius 1 is 0.941 bits per heavy atom. The van der Waals surface area contributed by atoms with E-state index in [0.29, 0.717) is 11.6 Å². The Morgan fingerprint density at radius 3 is 2.44 bits per heavy atom. The van der Waals surface area contributed by atoms with E-state index in [-0.39, 0.29) is 30.8 Å². The molecule has 2 N–H and O–H groups in total. The van der Waals surface area contributed by atoms with Crippen LogP contribution in [0.3, 0.4) is 0 Å². The van der Waals surface area contributed by atoms with Crippen LogP contribution in [-0.2, 0) is 27.3 Å². The molecule has 1 aromatic heterocycles. The molecule has 0 unspecified atom stereocenters. The number of anilines is 1. The fourth-order valence-corrected chi connectivity index (χ4v) is 3.86. The molecule has 0 saturated heterocycles. The summed E-state index contributed by atoms with van der Waals surface area (Å²) >= 11 is 0. The van der Waals surface area contributed by atoms with Gasteiger partial charge in [-0.05, 0) is 34.4 Å². The molecular weight excluding hydrogens is 428 g/mol. The third kappa shape index (κ3) is 5.31. The maximum absolute atomic E-state index is 12.6. The van der Waals surface area contributed by atoms with Gasteiger partial charge in [-0.2, -0.15) is 0 Å². The Balaban J connectivity index is 1.51. The van der Waals surface area contributed by atoms with Crippen molar-refractivity contribution in [3.05, 3.63) is 78.1 Å². The van der Waals surface area contributed by atoms with Gasteiger partial charge in [0.25, 0.3) is 0 Å². The highest BCUT2D eigenvalue weighted by atomic mass is 16.5. The fourth-order valence-electron chi connectivity index (χ4n) is 3.86. The van der Waals surface area contributed by atoms with Crippen LogP contribution >= 0.6 is 0 Å². The molecule has 7 heteroatoms. The lowest BCUT2D eigenvalue weighted by Gasteiger charge is -2.21. The molecule has 7 nitrogen and oxygen atoms in total. The number of carbonyl (C=O) groups excluding carboxylic acids is 2. The highest BCUT2D eigenvalue weighted by Crippen LogP contribution is 2.23. The van der Waals surface area contributed by atoms with Crippen molar-refractivity contribution in [2.75, 3.05) is 12.4 Å². The maximum Gasteiger partial charge on any atom is 0.328 e. The number of carbonyl (C=O) groups is 2. The van der Waals surface area contributed by atoms with E-state index in [4.69, 9.17) is 4.74 Å². The molecule has 4 rings (SSSR count). The molecule has 0 bridgehead atoms. The second-order valence-corrected chi connectivity index (χ2v) is 8.53. The zero-order chi connectivity index (χ0) is 24.1. The average molecular weight is 457 g/mol. The van der Waals surface area contributed by atoms with Crippen LogP contribution in [0.4, 0.5) is 5.82 Å². The predicted molar refractivity (Wildman–Crippen MR) is 133 cm³/mol. The summed E-state index contributed by atoms with van der Waals surface area (Å²) in [4.78, 5) is 34.1. The summed E-state index contributed by atoms with van der Waals surface area (Å²) in [5, 5.41) is 9.17. The van der Waals surface area contributed by atoms with Gasteiger partial charge in [0, 0.05) is 5.39 Å². The Bertz CT molecular complexity index is 1340. The summed E-state index contributed by atoms with van der Waals surface area (Å²) in [5.74, 6) is 0.513. The second-order valence-electron chi connectivity index (χ2n) is 8.53. The van der Waals surface area contributed by atoms with E-state index >= 15 is 0 Å². The minimum Gasteiger partial charge on any atom is -0.467 e. The lowest BCUT2D eigenvalue weighted by Crippen LogP contribution is -2.36. The summed E-state index contributed by atoms with van der Waals surface area (Å²) in [6.45, 7) is 4.05. The van der Waals surface area contributed by atoms with E-state index in [1.165, 1.54) is 7.11 Å². The normalized spacial score (nSPS) is 12.0. The van der Waals surface area contributed by atoms with E-state index in [0.717, 1.165) is 27.2 Å². The minimum atomic E-state index is -0.557. The zero-order valence-electron chi connectivity index (χ0n) is 19.5. The maximum atomic E-state index is 12.6. The van der Waals surface area contributed by atoms with Gasteiger partial charge in [-0.3, -0.25) is 4.79 Å². The highest BCUT2D eigenvalue weighted by Gasteiger charge is 2.24. The molecule has 3 aromatic carbocycles. The van der Waals surface area contributed by atoms with E-state index in [1.54, 1.807) is 0 Å². The van der Waals surface area contributed by atoms with E-state index < -0.39 is 6.04 Å². The van der Waals surface area contributed by atoms with Crippen molar-refractivity contribution >= 4 is 39.4 Å². The second kappa shape index (κ2) is 10.3. The van der Waals surface area contributed by atoms with Crippen molar-refractivity contribution in [3.63, 3.8) is 0 Å². The van der Waals surface area contributed by atoms with Crippen molar-refractivity contribution in [3.8, 4) is 0 Å². The molecular formula is C27H28N4O3. The van der Waals surface area contributed by atoms with Crippen LogP contribution in [0.25, 0.3) is 21.7 Å². The number of nitrogens with one attached hydrogen (secondary N) is 2. The highest BCUT2D eigenvalue weighted by molar-refractivity contribution is 5.91. The summed E-state index contributed by atoms with van der Waals surface area (Å²) in [5.41, 5.74) is 1.67. The van der Waals surface area contributed by atoms with Crippen LogP contribution in [0, 0.1) is 5.92 Å². The number of esters is 1. The number of fused-ring (bicyclic) bond motifs is 2. The van der Waals surface area contributed by atoms with Crippen molar-refractivity contribution in [2.24, 2.45) is 5.92 Å². The summed E-state index contributed by atoms with van der Waals surface area (Å²) in [6.07, 6.45) is 0.265. The minimum absolute atomic E-state index is 0.00807. The Labute approximate surface area is 198 Å². The molecule has 0 fully saturated rings. The molecule has 1 amide bonds. The molecule has 34 heavy (non-hydrogen) atoms. The van der Waals surface area contributed by atoms with Crippen LogP contribution in [0.15, 0.2) is 66.7 Å². The predicted octanol–water partition coefficient (Wildman–Crippen LogP) is 4.25. The van der Waals surface area contributed by atoms with Gasteiger partial charge in [0.15, 0.2) is 5.82 Å². The molecule has 0 aliphatic rings. The van der Waals surface area contributed by atoms with Gasteiger partial charge in [0.1, 0.15) is 11.9 Å². The molecule has 0 saturated carbocycles. The van der Waals surface area contributed by atoms with Crippen LogP contribution in [0.1, 0.15) is 25.2 Å². The zero-order valence-corrected chi connectivity index (χ0v) is 19.5. The third-order valence-corrected chi connectivity index (χ3v) is 5.69. The quantitative estimate of drug-likeness (QED) is 0.385. The number of methoxy groups -OCH3 is 1. The molecule has 1 atom stereocenters. The largest absolute Gasteiger partial charge is 0.467 e. The Kier molecular flexibility index (Phi) is 7.01. The monoisotopic (exact) mass is 456 g/mol. The first-order chi connectivity index (χ1) is 16.4. The van der Waals surface area contributed by atoms with Gasteiger partial charge in [0.2, 0.25) is 5.91 Å². The number of benzene rings is 3. The summed E-state index contributed by atoms with van der Waals surface area (Å²) < 4.78 is 4.95. The van der Waals surface area contributed by atoms with E-state index in [2.05, 4.69) is 20.6 Å². The first kappa shape index (κ1) is 23.2. The molecule has 4 aromatic rings. The van der Waals surface area contributed by atoms with Crippen LogP contribution in [-0.4, -0.2) is 35.0 Å². The van der Waals surface area contributed by atoms with E-state index in [9.17, 15) is 9.59 Å². The fraction of sp³-hybridized carbons (Fsp3) is 0.259. The van der Waals surface area contributed by atoms with Gasteiger partial charge in [-0.15, -0.1) is 0 Å². The van der Waals surface area contributed by atoms with Crippen molar-refractivity contribution in [2.45, 2.75) is 32.9 Å². The van der Waals surface area contributed by atoms with Crippen molar-refractivity contribution < 1.29 is 14.3 Å². The molecule has 174 valence electrons. The number of aromatic nitrogens is 2. The number of hydrogen-bond donors (Lipinski definition) is 2. The number of nitrogens with zero attached hydrogens (tertiary/aromatic N) is 2. The average Bonchev–Trinajstić information content (AvgIpc) is 2.85. The summed E-state index contributed by atoms with van der Waals surface area (Å²) in [7, 11) is 1.37. The SMILES string of the molecule is COC(=O)[C@@H](Nc1nc(CNC(=O)Cc2ccc3ccccc3c2)nc2ccccc12)C(C)C. The Morgan fingerprint density at radius 2 is 1.68 bits per heavy atom. The molecule has 0 spiro atoms. The molecule has 0 aliphatic carbocycles. The van der Waals surface area contributed by atoms with Crippen LogP contribution < -0.4 is 10.6 Å². The van der Waals surface area contributed by atoms with Gasteiger partial charge in [0.05, 0.1) is 25.6 Å². The van der Waals surface area contributed by atoms with Gasteiger partial charge >= 0.3 is 5.97 Å². The van der Waals surface area contributed by atoms with Gasteiger partial charge < -0.3 is 15.4 Å². The lowest BCUT2D eigenvalue weighted by molar-refractivity contribution is -0.142. The number of ether oxygens (including phenoxy) is 1.